The Morgan fingerprint density at radius 3 is 2.90 bits per heavy atom. The van der Waals surface area contributed by atoms with Crippen LogP contribution in [-0.2, 0) is 12.4 Å². The molecule has 0 atom stereocenters. The fraction of sp³-hybridized carbons (Fsp3) is 0.333. The van der Waals surface area contributed by atoms with Gasteiger partial charge < -0.3 is 15.6 Å². The average molecular weight is 439 g/mol. The Bertz CT molecular complexity index is 1180. The molecule has 0 amide bonds. The van der Waals surface area contributed by atoms with E-state index in [0.29, 0.717) is 17.8 Å². The summed E-state index contributed by atoms with van der Waals surface area (Å²) in [5.74, 6) is 1.82. The minimum absolute atomic E-state index is 0.184. The van der Waals surface area contributed by atoms with E-state index in [1.165, 1.54) is 5.56 Å². The van der Waals surface area contributed by atoms with Crippen LogP contribution in [0, 0.1) is 0 Å². The molecule has 31 heavy (non-hydrogen) atoms. The van der Waals surface area contributed by atoms with Gasteiger partial charge in [0.25, 0.3) is 0 Å². The van der Waals surface area contributed by atoms with Gasteiger partial charge in [-0.1, -0.05) is 17.3 Å². The number of likely N-dealkylation sites (tertiary alicyclic amines) is 1. The molecule has 1 saturated heterocycles. The number of alkyl halides is 1. The smallest absolute Gasteiger partial charge is 0.241 e. The molecule has 3 N–H and O–H groups in total. The van der Waals surface area contributed by atoms with E-state index in [2.05, 4.69) is 36.5 Å². The number of anilines is 2. The molecule has 3 aromatic heterocycles. The number of aromatic nitrogens is 5. The lowest BCUT2D eigenvalue weighted by Crippen LogP contribution is -2.39. The molecular formula is C21H23ClN8O. The van der Waals surface area contributed by atoms with Crippen LogP contribution in [0.2, 0.25) is 0 Å². The van der Waals surface area contributed by atoms with Crippen LogP contribution in [0.5, 0.6) is 0 Å². The van der Waals surface area contributed by atoms with Gasteiger partial charge in [-0.15, -0.1) is 11.6 Å². The number of rotatable bonds is 6. The van der Waals surface area contributed by atoms with Gasteiger partial charge in [-0.2, -0.15) is 10.1 Å². The van der Waals surface area contributed by atoms with Crippen molar-refractivity contribution in [1.82, 2.24) is 29.6 Å². The number of nitrogens with zero attached hydrogens (tertiary/aromatic N) is 6. The summed E-state index contributed by atoms with van der Waals surface area (Å²) in [5.41, 5.74) is 9.89. The Morgan fingerprint density at radius 1 is 1.23 bits per heavy atom. The molecule has 0 unspecified atom stereocenters. The topological polar surface area (TPSA) is 110 Å². The number of nitrogens with two attached hydrogens (primary N) is 1. The molecule has 0 saturated carbocycles. The molecule has 4 aromatic rings. The van der Waals surface area contributed by atoms with Gasteiger partial charge in [0.05, 0.1) is 0 Å². The summed E-state index contributed by atoms with van der Waals surface area (Å²) in [5, 5.41) is 11.8. The minimum Gasteiger partial charge on any atom is -0.338 e. The van der Waals surface area contributed by atoms with E-state index in [0.717, 1.165) is 55.1 Å². The number of nitrogens with one attached hydrogen (secondary N) is 1. The molecule has 9 nitrogen and oxygen atoms in total. The lowest BCUT2D eigenvalue weighted by Gasteiger charge is -2.29. The normalized spacial score (nSPS) is 15.5. The molecule has 160 valence electrons. The molecule has 10 heteroatoms. The van der Waals surface area contributed by atoms with E-state index in [-0.39, 0.29) is 5.88 Å². The Hall–Kier alpha value is -3.01. The number of fused-ring (bicyclic) bond motifs is 1. The summed E-state index contributed by atoms with van der Waals surface area (Å²) in [6.45, 7) is 2.85. The predicted octanol–water partition coefficient (Wildman–Crippen LogP) is 3.18. The van der Waals surface area contributed by atoms with Crippen molar-refractivity contribution >= 4 is 28.6 Å². The van der Waals surface area contributed by atoms with E-state index in [9.17, 15) is 0 Å². The zero-order chi connectivity index (χ0) is 21.2. The first kappa shape index (κ1) is 19.9. The molecule has 1 aromatic carbocycles. The summed E-state index contributed by atoms with van der Waals surface area (Å²) in [7, 11) is 0. The number of hydrogen-bond donors (Lipinski definition) is 2. The van der Waals surface area contributed by atoms with E-state index in [1.54, 1.807) is 6.33 Å². The van der Waals surface area contributed by atoms with Crippen LogP contribution in [-0.4, -0.2) is 48.8 Å². The second-order valence-corrected chi connectivity index (χ2v) is 7.97. The highest BCUT2D eigenvalue weighted by atomic mass is 35.5. The van der Waals surface area contributed by atoms with Crippen molar-refractivity contribution in [2.45, 2.75) is 31.3 Å². The minimum atomic E-state index is 0.184. The third-order valence-electron chi connectivity index (χ3n) is 5.53. The van der Waals surface area contributed by atoms with Crippen LogP contribution < -0.4 is 11.1 Å². The van der Waals surface area contributed by atoms with Crippen LogP contribution in [0.4, 0.5) is 11.5 Å². The van der Waals surface area contributed by atoms with Gasteiger partial charge in [0, 0.05) is 30.0 Å². The molecule has 0 spiro atoms. The maximum absolute atomic E-state index is 6.05. The van der Waals surface area contributed by atoms with Crippen molar-refractivity contribution in [2.75, 3.05) is 18.4 Å². The third kappa shape index (κ3) is 4.25. The second kappa shape index (κ2) is 8.62. The monoisotopic (exact) mass is 438 g/mol. The number of benzene rings is 1. The molecule has 1 aliphatic rings. The van der Waals surface area contributed by atoms with Gasteiger partial charge >= 0.3 is 0 Å². The van der Waals surface area contributed by atoms with Crippen molar-refractivity contribution in [3.8, 4) is 11.4 Å². The second-order valence-electron chi connectivity index (χ2n) is 7.71. The Labute approximate surface area is 184 Å². The van der Waals surface area contributed by atoms with Crippen LogP contribution >= 0.6 is 11.6 Å². The lowest BCUT2D eigenvalue weighted by molar-refractivity contribution is 0.206. The van der Waals surface area contributed by atoms with Crippen molar-refractivity contribution in [2.24, 2.45) is 5.73 Å². The molecule has 0 aliphatic carbocycles. The third-order valence-corrected chi connectivity index (χ3v) is 5.76. The van der Waals surface area contributed by atoms with Gasteiger partial charge in [0.1, 0.15) is 17.7 Å². The van der Waals surface area contributed by atoms with Gasteiger partial charge in [0.2, 0.25) is 11.7 Å². The zero-order valence-corrected chi connectivity index (χ0v) is 17.7. The highest BCUT2D eigenvalue weighted by Crippen LogP contribution is 2.27. The molecular weight excluding hydrogens is 416 g/mol. The summed E-state index contributed by atoms with van der Waals surface area (Å²) >= 11 is 5.77. The first-order valence-corrected chi connectivity index (χ1v) is 10.8. The fourth-order valence-corrected chi connectivity index (χ4v) is 4.00. The summed E-state index contributed by atoms with van der Waals surface area (Å²) in [4.78, 5) is 11.2. The zero-order valence-electron chi connectivity index (χ0n) is 16.9. The van der Waals surface area contributed by atoms with Crippen LogP contribution in [0.3, 0.4) is 0 Å². The highest BCUT2D eigenvalue weighted by Gasteiger charge is 2.19. The van der Waals surface area contributed by atoms with Crippen molar-refractivity contribution in [1.29, 1.82) is 0 Å². The van der Waals surface area contributed by atoms with E-state index in [4.69, 9.17) is 21.9 Å². The molecule has 1 fully saturated rings. The number of piperidine rings is 1. The lowest BCUT2D eigenvalue weighted by atomic mass is 10.1. The van der Waals surface area contributed by atoms with Crippen LogP contribution in [0.1, 0.15) is 24.3 Å². The molecule has 4 heterocycles. The fourth-order valence-electron chi connectivity index (χ4n) is 3.89. The molecule has 1 aliphatic heterocycles. The Morgan fingerprint density at radius 2 is 2.10 bits per heavy atom. The maximum atomic E-state index is 6.05. The number of hydrogen-bond acceptors (Lipinski definition) is 8. The SMILES string of the molecule is NC1CCN(Cc2ccn3ncnc(Nc4cccc(-c5noc(CCl)n5)c4)c23)CC1. The number of halogens is 1. The predicted molar refractivity (Wildman–Crippen MR) is 118 cm³/mol. The summed E-state index contributed by atoms with van der Waals surface area (Å²) in [6.07, 6.45) is 5.58. The van der Waals surface area contributed by atoms with Crippen molar-refractivity contribution < 1.29 is 4.52 Å². The first-order valence-electron chi connectivity index (χ1n) is 10.2. The first-order chi connectivity index (χ1) is 15.2. The van der Waals surface area contributed by atoms with Gasteiger partial charge in [-0.25, -0.2) is 9.50 Å². The Kier molecular flexibility index (Phi) is 5.54. The van der Waals surface area contributed by atoms with E-state index in [1.807, 2.05) is 35.0 Å². The molecule has 0 radical (unpaired) electrons. The van der Waals surface area contributed by atoms with Crippen LogP contribution in [0.15, 0.2) is 47.4 Å². The van der Waals surface area contributed by atoms with E-state index >= 15 is 0 Å². The van der Waals surface area contributed by atoms with Gasteiger partial charge in [-0.05, 0) is 49.7 Å². The molecule has 0 bridgehead atoms. The van der Waals surface area contributed by atoms with E-state index < -0.39 is 0 Å². The van der Waals surface area contributed by atoms with Gasteiger partial charge in [0.15, 0.2) is 5.82 Å². The summed E-state index contributed by atoms with van der Waals surface area (Å²) in [6, 6.07) is 10.2. The standard InChI is InChI=1S/C21H23ClN8O/c22-11-18-27-20(28-31-18)14-2-1-3-17(10-14)26-21-19-15(4-9-30(19)25-13-24-21)12-29-7-5-16(23)6-8-29/h1-4,9-10,13,16H,5-8,11-12,23H2,(H,24,25,26). The highest BCUT2D eigenvalue weighted by molar-refractivity contribution is 6.16. The van der Waals surface area contributed by atoms with Gasteiger partial charge in [-0.3, -0.25) is 4.90 Å². The summed E-state index contributed by atoms with van der Waals surface area (Å²) < 4.78 is 6.98. The quantitative estimate of drug-likeness (QED) is 0.441. The van der Waals surface area contributed by atoms with Crippen molar-refractivity contribution in [3.05, 3.63) is 54.3 Å². The largest absolute Gasteiger partial charge is 0.338 e. The average Bonchev–Trinajstić information content (AvgIpc) is 3.44. The van der Waals surface area contributed by atoms with Crippen LogP contribution in [0.25, 0.3) is 16.9 Å². The van der Waals surface area contributed by atoms with Crippen molar-refractivity contribution in [3.63, 3.8) is 0 Å². The molecule has 5 rings (SSSR count). The Balaban J connectivity index is 1.41. The maximum Gasteiger partial charge on any atom is 0.241 e.